The van der Waals surface area contributed by atoms with Gasteiger partial charge in [-0.2, -0.15) is 13.2 Å². The van der Waals surface area contributed by atoms with Gasteiger partial charge in [0, 0.05) is 18.7 Å². The molecule has 1 atom stereocenters. The van der Waals surface area contributed by atoms with Crippen LogP contribution in [0.2, 0.25) is 0 Å². The number of primary amides is 1. The van der Waals surface area contributed by atoms with E-state index in [0.717, 1.165) is 17.7 Å². The molecule has 3 amide bonds. The molecule has 202 valence electrons. The second-order valence-electron chi connectivity index (χ2n) is 10.3. The molecule has 0 aliphatic heterocycles. The first-order chi connectivity index (χ1) is 17.1. The topological polar surface area (TPSA) is 113 Å². The summed E-state index contributed by atoms with van der Waals surface area (Å²) in [6.45, 7) is 9.33. The van der Waals surface area contributed by atoms with Gasteiger partial charge in [0.25, 0.3) is 5.91 Å². The van der Waals surface area contributed by atoms with Crippen LogP contribution in [0.5, 0.6) is 0 Å². The van der Waals surface area contributed by atoms with E-state index in [-0.39, 0.29) is 12.1 Å². The monoisotopic (exact) mass is 520 g/mol. The maximum absolute atomic E-state index is 12.9. The van der Waals surface area contributed by atoms with Gasteiger partial charge in [-0.1, -0.05) is 65.0 Å². The predicted octanol–water partition coefficient (Wildman–Crippen LogP) is 3.73. The van der Waals surface area contributed by atoms with Crippen molar-refractivity contribution in [3.8, 4) is 0 Å². The molecule has 0 bridgehead atoms. The third kappa shape index (κ3) is 7.79. The second-order valence-corrected chi connectivity index (χ2v) is 10.3. The third-order valence-corrected chi connectivity index (χ3v) is 6.28. The molecule has 5 N–H and O–H groups in total. The molecule has 1 unspecified atom stereocenters. The van der Waals surface area contributed by atoms with E-state index in [0.29, 0.717) is 18.5 Å². The first kappa shape index (κ1) is 29.8. The summed E-state index contributed by atoms with van der Waals surface area (Å²) in [5, 5.41) is 8.13. The van der Waals surface area contributed by atoms with Crippen LogP contribution in [0.25, 0.3) is 0 Å². The summed E-state index contributed by atoms with van der Waals surface area (Å²) < 4.78 is 38.8. The number of halogens is 3. The lowest BCUT2D eigenvalue weighted by Gasteiger charge is -2.43. The molecule has 2 aromatic carbocycles. The van der Waals surface area contributed by atoms with Crippen LogP contribution in [0.3, 0.4) is 0 Å². The zero-order valence-electron chi connectivity index (χ0n) is 21.8. The Morgan fingerprint density at radius 3 is 2.11 bits per heavy atom. The zero-order chi connectivity index (χ0) is 28.0. The lowest BCUT2D eigenvalue weighted by molar-refractivity contribution is -0.137. The molecule has 10 heteroatoms. The van der Waals surface area contributed by atoms with Gasteiger partial charge in [-0.05, 0) is 40.7 Å². The number of hydrogen-bond donors (Lipinski definition) is 4. The Balaban J connectivity index is 2.08. The van der Waals surface area contributed by atoms with Crippen LogP contribution in [0.4, 0.5) is 13.2 Å². The summed E-state index contributed by atoms with van der Waals surface area (Å²) in [6.07, 6.45) is -4.61. The van der Waals surface area contributed by atoms with Gasteiger partial charge in [0.05, 0.1) is 12.1 Å². The number of benzene rings is 2. The van der Waals surface area contributed by atoms with Crippen molar-refractivity contribution < 1.29 is 27.6 Å². The number of nitrogens with one attached hydrogen (secondary N) is 3. The van der Waals surface area contributed by atoms with E-state index in [1.54, 1.807) is 20.8 Å². The van der Waals surface area contributed by atoms with E-state index in [9.17, 15) is 27.6 Å². The van der Waals surface area contributed by atoms with Gasteiger partial charge in [0.2, 0.25) is 11.8 Å². The van der Waals surface area contributed by atoms with Gasteiger partial charge in [-0.3, -0.25) is 14.4 Å². The van der Waals surface area contributed by atoms with E-state index in [1.165, 1.54) is 11.6 Å². The highest BCUT2D eigenvalue weighted by atomic mass is 19.4. The molecule has 2 aromatic rings. The third-order valence-electron chi connectivity index (χ3n) is 6.28. The Morgan fingerprint density at radius 1 is 0.973 bits per heavy atom. The Bertz CT molecular complexity index is 1110. The quantitative estimate of drug-likeness (QED) is 0.382. The van der Waals surface area contributed by atoms with Gasteiger partial charge in [-0.25, -0.2) is 0 Å². The van der Waals surface area contributed by atoms with Crippen LogP contribution in [0.1, 0.15) is 67.6 Å². The van der Waals surface area contributed by atoms with E-state index in [1.807, 2.05) is 24.3 Å². The van der Waals surface area contributed by atoms with Crippen LogP contribution in [-0.2, 0) is 22.3 Å². The van der Waals surface area contributed by atoms with Crippen LogP contribution < -0.4 is 21.7 Å². The van der Waals surface area contributed by atoms with Crippen LogP contribution in [0, 0.1) is 5.41 Å². The van der Waals surface area contributed by atoms with Crippen molar-refractivity contribution in [3.05, 3.63) is 70.8 Å². The van der Waals surface area contributed by atoms with Crippen molar-refractivity contribution in [1.82, 2.24) is 16.0 Å². The van der Waals surface area contributed by atoms with Crippen molar-refractivity contribution in [2.45, 2.75) is 58.8 Å². The molecular formula is C27H35F3N4O3. The summed E-state index contributed by atoms with van der Waals surface area (Å²) in [4.78, 5) is 37.8. The van der Waals surface area contributed by atoms with Crippen molar-refractivity contribution in [2.24, 2.45) is 11.1 Å². The highest BCUT2D eigenvalue weighted by Gasteiger charge is 2.48. The molecule has 37 heavy (non-hydrogen) atoms. The highest BCUT2D eigenvalue weighted by Crippen LogP contribution is 2.31. The largest absolute Gasteiger partial charge is 0.416 e. The molecule has 7 nitrogen and oxygen atoms in total. The average Bonchev–Trinajstić information content (AvgIpc) is 2.80. The molecule has 0 saturated heterocycles. The number of carbonyl (C=O) groups is 3. The van der Waals surface area contributed by atoms with E-state index < -0.39 is 47.0 Å². The maximum Gasteiger partial charge on any atom is 0.416 e. The summed E-state index contributed by atoms with van der Waals surface area (Å²) in [6, 6.07) is 11.9. The first-order valence-corrected chi connectivity index (χ1v) is 11.9. The number of nitrogens with two attached hydrogens (primary N) is 1. The SMILES string of the molecule is CC(C)c1ccc(CNCC(NC(=O)CNC(=O)c2cccc(C(F)(F)F)c2)(C(N)=O)C(C)(C)C)cc1. The Labute approximate surface area is 215 Å². The Hall–Kier alpha value is -3.40. The predicted molar refractivity (Wildman–Crippen MR) is 136 cm³/mol. The normalized spacial score (nSPS) is 13.6. The van der Waals surface area contributed by atoms with Crippen molar-refractivity contribution in [1.29, 1.82) is 0 Å². The number of rotatable bonds is 10. The van der Waals surface area contributed by atoms with Gasteiger partial charge in [-0.15, -0.1) is 0 Å². The minimum atomic E-state index is -4.61. The Kier molecular flexibility index (Phi) is 9.49. The smallest absolute Gasteiger partial charge is 0.368 e. The van der Waals surface area contributed by atoms with Gasteiger partial charge < -0.3 is 21.7 Å². The molecule has 0 radical (unpaired) electrons. The van der Waals surface area contributed by atoms with Gasteiger partial charge in [0.15, 0.2) is 0 Å². The first-order valence-electron chi connectivity index (χ1n) is 11.9. The zero-order valence-corrected chi connectivity index (χ0v) is 21.8. The van der Waals surface area contributed by atoms with E-state index in [4.69, 9.17) is 5.73 Å². The van der Waals surface area contributed by atoms with Crippen LogP contribution in [-0.4, -0.2) is 36.3 Å². The Morgan fingerprint density at radius 2 is 1.59 bits per heavy atom. The fourth-order valence-corrected chi connectivity index (χ4v) is 3.81. The summed E-state index contributed by atoms with van der Waals surface area (Å²) >= 11 is 0. The number of hydrogen-bond acceptors (Lipinski definition) is 4. The standard InChI is InChI=1S/C27H35F3N4O3/c1-17(2)19-11-9-18(10-12-19)14-32-16-26(24(31)37,25(3,4)5)34-22(35)15-33-23(36)20-7-6-8-21(13-20)27(28,29)30/h6-13,17,32H,14-16H2,1-5H3,(H2,31,37)(H,33,36)(H,34,35). The molecule has 0 aliphatic carbocycles. The molecule has 0 saturated carbocycles. The minimum Gasteiger partial charge on any atom is -0.368 e. The van der Waals surface area contributed by atoms with E-state index in [2.05, 4.69) is 29.8 Å². The second kappa shape index (κ2) is 11.8. The number of amides is 3. The lowest BCUT2D eigenvalue weighted by Crippen LogP contribution is -2.69. The molecule has 2 rings (SSSR count). The molecule has 0 aliphatic rings. The highest BCUT2D eigenvalue weighted by molar-refractivity contribution is 5.98. The van der Waals surface area contributed by atoms with Crippen molar-refractivity contribution >= 4 is 17.7 Å². The fourth-order valence-electron chi connectivity index (χ4n) is 3.81. The van der Waals surface area contributed by atoms with Gasteiger partial charge >= 0.3 is 6.18 Å². The molecule has 0 fully saturated rings. The lowest BCUT2D eigenvalue weighted by atomic mass is 9.72. The van der Waals surface area contributed by atoms with E-state index >= 15 is 0 Å². The number of carbonyl (C=O) groups excluding carboxylic acids is 3. The van der Waals surface area contributed by atoms with Crippen LogP contribution >= 0.6 is 0 Å². The fraction of sp³-hybridized carbons (Fsp3) is 0.444. The molecular weight excluding hydrogens is 485 g/mol. The molecule has 0 heterocycles. The molecule has 0 aromatic heterocycles. The maximum atomic E-state index is 12.9. The van der Waals surface area contributed by atoms with Crippen molar-refractivity contribution in [3.63, 3.8) is 0 Å². The average molecular weight is 521 g/mol. The van der Waals surface area contributed by atoms with Crippen molar-refractivity contribution in [2.75, 3.05) is 13.1 Å². The molecule has 0 spiro atoms. The minimum absolute atomic E-state index is 0.0189. The summed E-state index contributed by atoms with van der Waals surface area (Å²) in [5.74, 6) is -1.93. The number of alkyl halides is 3. The van der Waals surface area contributed by atoms with Gasteiger partial charge in [0.1, 0.15) is 5.54 Å². The van der Waals surface area contributed by atoms with Crippen LogP contribution in [0.15, 0.2) is 48.5 Å². The summed E-state index contributed by atoms with van der Waals surface area (Å²) in [5.41, 5.74) is 4.39. The summed E-state index contributed by atoms with van der Waals surface area (Å²) in [7, 11) is 0.